The monoisotopic (exact) mass is 497 g/mol. The third kappa shape index (κ3) is 4.30. The van der Waals surface area contributed by atoms with Gasteiger partial charge in [0.25, 0.3) is 11.8 Å². The van der Waals surface area contributed by atoms with Gasteiger partial charge in [-0.15, -0.1) is 0 Å². The van der Waals surface area contributed by atoms with Gasteiger partial charge in [-0.05, 0) is 98.9 Å². The highest BCUT2D eigenvalue weighted by molar-refractivity contribution is 7.80. The van der Waals surface area contributed by atoms with Crippen LogP contribution in [0.3, 0.4) is 0 Å². The molecule has 2 heterocycles. The summed E-state index contributed by atoms with van der Waals surface area (Å²) in [5.74, 6) is -0.0563. The molecule has 2 aromatic carbocycles. The van der Waals surface area contributed by atoms with E-state index >= 15 is 0 Å². The molecule has 8 heteroatoms. The topological polar surface area (TPSA) is 61.9 Å². The van der Waals surface area contributed by atoms with E-state index in [1.807, 2.05) is 19.1 Å². The fraction of sp³-hybridized carbons (Fsp3) is 0.346. The zero-order chi connectivity index (χ0) is 24.8. The second-order valence-electron chi connectivity index (χ2n) is 9.29. The van der Waals surface area contributed by atoms with E-state index in [2.05, 4.69) is 38.0 Å². The molecular weight excluding hydrogens is 470 g/mol. The Morgan fingerprint density at radius 3 is 2.56 bits per heavy atom. The van der Waals surface area contributed by atoms with Crippen molar-refractivity contribution in [2.75, 3.05) is 23.5 Å². The average Bonchev–Trinajstić information content (AvgIpc) is 2.76. The van der Waals surface area contributed by atoms with Crippen molar-refractivity contribution in [1.29, 1.82) is 0 Å². The quantitative estimate of drug-likeness (QED) is 0.353. The lowest BCUT2D eigenvalue weighted by Gasteiger charge is -2.45. The third-order valence-electron chi connectivity index (χ3n) is 6.56. The van der Waals surface area contributed by atoms with Gasteiger partial charge in [-0.2, -0.15) is 0 Å². The van der Waals surface area contributed by atoms with Gasteiger partial charge in [0.05, 0.1) is 12.3 Å². The van der Waals surface area contributed by atoms with Gasteiger partial charge in [-0.3, -0.25) is 19.8 Å². The number of anilines is 2. The molecule has 0 saturated carbocycles. The summed E-state index contributed by atoms with van der Waals surface area (Å²) in [7, 11) is 2.06. The van der Waals surface area contributed by atoms with Crippen LogP contribution in [0.5, 0.6) is 5.75 Å². The number of amides is 2. The maximum Gasteiger partial charge on any atom is 0.270 e. The lowest BCUT2D eigenvalue weighted by Crippen LogP contribution is -2.54. The molecule has 0 bridgehead atoms. The van der Waals surface area contributed by atoms with Crippen LogP contribution in [0, 0.1) is 0 Å². The largest absolute Gasteiger partial charge is 0.494 e. The Balaban J connectivity index is 1.72. The van der Waals surface area contributed by atoms with Gasteiger partial charge in [0.15, 0.2) is 5.11 Å². The van der Waals surface area contributed by atoms with Crippen molar-refractivity contribution in [2.45, 2.75) is 45.6 Å². The molecule has 0 unspecified atom stereocenters. The minimum Gasteiger partial charge on any atom is -0.494 e. The molecule has 0 spiro atoms. The second kappa shape index (κ2) is 9.04. The van der Waals surface area contributed by atoms with Crippen molar-refractivity contribution < 1.29 is 14.3 Å². The molecule has 1 atom stereocenters. The zero-order valence-corrected chi connectivity index (χ0v) is 21.5. The molecule has 0 aromatic heterocycles. The van der Waals surface area contributed by atoms with Crippen molar-refractivity contribution in [1.82, 2.24) is 5.32 Å². The number of nitrogens with one attached hydrogen (secondary N) is 1. The summed E-state index contributed by atoms with van der Waals surface area (Å²) in [6.45, 7) is 9.04. The number of rotatable bonds is 4. The molecule has 2 amide bonds. The van der Waals surface area contributed by atoms with Crippen molar-refractivity contribution >= 4 is 58.2 Å². The van der Waals surface area contributed by atoms with Gasteiger partial charge in [-0.1, -0.05) is 18.5 Å². The molecule has 6 nitrogen and oxygen atoms in total. The standard InChI is InChI=1S/C26H28ClN3O3S/c1-6-33-18-9-7-17(8-10-18)30-24(32)20(23(31)28-25(30)34)12-16-11-19-15(2)14-26(3,4)29(5)22(19)13-21(16)27/h7-13,15H,6,14H2,1-5H3,(H,28,31,34)/b20-12+/t15-/m1/s1. The predicted molar refractivity (Wildman–Crippen MR) is 141 cm³/mol. The van der Waals surface area contributed by atoms with Crippen LogP contribution < -0.4 is 19.9 Å². The fourth-order valence-electron chi connectivity index (χ4n) is 4.62. The molecule has 2 aliphatic heterocycles. The molecule has 34 heavy (non-hydrogen) atoms. The predicted octanol–water partition coefficient (Wildman–Crippen LogP) is 5.29. The first-order valence-corrected chi connectivity index (χ1v) is 12.0. The number of benzene rings is 2. The molecule has 178 valence electrons. The van der Waals surface area contributed by atoms with Gasteiger partial charge in [0.1, 0.15) is 11.3 Å². The average molecular weight is 498 g/mol. The van der Waals surface area contributed by atoms with Gasteiger partial charge < -0.3 is 9.64 Å². The summed E-state index contributed by atoms with van der Waals surface area (Å²) in [4.78, 5) is 29.7. The van der Waals surface area contributed by atoms with Gasteiger partial charge in [0, 0.05) is 23.3 Å². The summed E-state index contributed by atoms with van der Waals surface area (Å²) in [6, 6.07) is 10.9. The molecule has 2 aliphatic rings. The number of carbonyl (C=O) groups is 2. The summed E-state index contributed by atoms with van der Waals surface area (Å²) in [5, 5.41) is 3.13. The Bertz CT molecular complexity index is 1210. The van der Waals surface area contributed by atoms with Gasteiger partial charge >= 0.3 is 0 Å². The molecule has 4 rings (SSSR count). The van der Waals surface area contributed by atoms with E-state index in [-0.39, 0.29) is 16.2 Å². The maximum atomic E-state index is 13.4. The normalized spacial score (nSPS) is 20.9. The minimum atomic E-state index is -0.544. The number of hydrogen-bond donors (Lipinski definition) is 1. The number of thiocarbonyl (C=S) groups is 1. The maximum absolute atomic E-state index is 13.4. The number of fused-ring (bicyclic) bond motifs is 1. The molecule has 0 radical (unpaired) electrons. The highest BCUT2D eigenvalue weighted by Crippen LogP contribution is 2.44. The highest BCUT2D eigenvalue weighted by atomic mass is 35.5. The van der Waals surface area contributed by atoms with E-state index in [4.69, 9.17) is 28.6 Å². The summed E-state index contributed by atoms with van der Waals surface area (Å²) >= 11 is 11.9. The Kier molecular flexibility index (Phi) is 6.44. The van der Waals surface area contributed by atoms with E-state index in [9.17, 15) is 9.59 Å². The lowest BCUT2D eigenvalue weighted by molar-refractivity contribution is -0.122. The summed E-state index contributed by atoms with van der Waals surface area (Å²) < 4.78 is 5.47. The molecule has 1 N–H and O–H groups in total. The van der Waals surface area contributed by atoms with E-state index < -0.39 is 11.8 Å². The van der Waals surface area contributed by atoms with Crippen LogP contribution in [-0.2, 0) is 9.59 Å². The van der Waals surface area contributed by atoms with Gasteiger partial charge in [-0.25, -0.2) is 0 Å². The summed E-state index contributed by atoms with van der Waals surface area (Å²) in [6.07, 6.45) is 2.53. The van der Waals surface area contributed by atoms with Crippen LogP contribution in [0.25, 0.3) is 6.08 Å². The second-order valence-corrected chi connectivity index (χ2v) is 10.1. The number of nitrogens with zero attached hydrogens (tertiary/aromatic N) is 2. The van der Waals surface area contributed by atoms with Crippen LogP contribution in [0.2, 0.25) is 5.02 Å². The van der Waals surface area contributed by atoms with Crippen LogP contribution >= 0.6 is 23.8 Å². The third-order valence-corrected chi connectivity index (χ3v) is 7.17. The first-order valence-electron chi connectivity index (χ1n) is 11.2. The number of hydrogen-bond acceptors (Lipinski definition) is 5. The highest BCUT2D eigenvalue weighted by Gasteiger charge is 2.36. The Morgan fingerprint density at radius 2 is 1.91 bits per heavy atom. The smallest absolute Gasteiger partial charge is 0.270 e. The van der Waals surface area contributed by atoms with Crippen molar-refractivity contribution in [2.24, 2.45) is 0 Å². The van der Waals surface area contributed by atoms with Gasteiger partial charge in [0.2, 0.25) is 0 Å². The van der Waals surface area contributed by atoms with E-state index in [1.54, 1.807) is 30.3 Å². The zero-order valence-electron chi connectivity index (χ0n) is 19.9. The molecule has 2 aromatic rings. The lowest BCUT2D eigenvalue weighted by atomic mass is 9.80. The number of ether oxygens (including phenoxy) is 1. The fourth-order valence-corrected chi connectivity index (χ4v) is 5.11. The van der Waals surface area contributed by atoms with Crippen LogP contribution in [0.4, 0.5) is 11.4 Å². The summed E-state index contributed by atoms with van der Waals surface area (Å²) in [5.41, 5.74) is 3.34. The molecular formula is C26H28ClN3O3S. The Morgan fingerprint density at radius 1 is 1.24 bits per heavy atom. The van der Waals surface area contributed by atoms with Crippen molar-refractivity contribution in [3.05, 3.63) is 58.1 Å². The first-order chi connectivity index (χ1) is 16.0. The molecule has 0 aliphatic carbocycles. The SMILES string of the molecule is CCOc1ccc(N2C(=O)/C(=C/c3cc4c(cc3Cl)N(C)C(C)(C)C[C@H]4C)C(=O)NC2=S)cc1. The van der Waals surface area contributed by atoms with Crippen LogP contribution in [0.1, 0.15) is 51.2 Å². The number of halogens is 1. The van der Waals surface area contributed by atoms with Crippen LogP contribution in [-0.4, -0.2) is 36.1 Å². The van der Waals surface area contributed by atoms with E-state index in [0.717, 1.165) is 17.7 Å². The Labute approximate surface area is 210 Å². The van der Waals surface area contributed by atoms with E-state index in [1.165, 1.54) is 4.90 Å². The number of carbonyl (C=O) groups excluding carboxylic acids is 2. The van der Waals surface area contributed by atoms with Crippen molar-refractivity contribution in [3.63, 3.8) is 0 Å². The van der Waals surface area contributed by atoms with Crippen LogP contribution in [0.15, 0.2) is 42.0 Å². The minimum absolute atomic E-state index is 0.00284. The van der Waals surface area contributed by atoms with Crippen molar-refractivity contribution in [3.8, 4) is 5.75 Å². The molecule has 1 saturated heterocycles. The Hall–Kier alpha value is -2.90. The van der Waals surface area contributed by atoms with E-state index in [0.29, 0.717) is 34.5 Å². The first kappa shape index (κ1) is 24.2. The molecule has 1 fully saturated rings.